The molecule has 9 rings (SSSR count). The van der Waals surface area contributed by atoms with Crippen molar-refractivity contribution >= 4 is 24.1 Å². The zero-order valence-corrected chi connectivity index (χ0v) is 45.5. The molecular formula is C57H62O31. The summed E-state index contributed by atoms with van der Waals surface area (Å²) in [5, 5.41) is 182. The molecule has 20 atom stereocenters. The molecule has 0 spiro atoms. The molecule has 0 radical (unpaired) electrons. The first-order valence-corrected chi connectivity index (χ1v) is 26.9. The first kappa shape index (κ1) is 64.9. The number of esters is 2. The van der Waals surface area contributed by atoms with Crippen molar-refractivity contribution < 1.29 is 148 Å². The zero-order valence-electron chi connectivity index (χ0n) is 45.5. The summed E-state index contributed by atoms with van der Waals surface area (Å²) in [5.74, 6) is -6.98. The van der Waals surface area contributed by atoms with E-state index in [0.717, 1.165) is 42.5 Å². The van der Waals surface area contributed by atoms with Crippen LogP contribution in [0, 0.1) is 0 Å². The number of aromatic hydroxyl groups is 3. The number of benzene rings is 4. The molecule has 0 amide bonds. The average molecular weight is 1240 g/mol. The van der Waals surface area contributed by atoms with E-state index < -0.39 is 212 Å². The van der Waals surface area contributed by atoms with E-state index in [-0.39, 0.29) is 17.1 Å². The summed E-state index contributed by atoms with van der Waals surface area (Å²) in [7, 11) is 0. The number of hydrogen-bond donors (Lipinski definition) is 17. The lowest BCUT2D eigenvalue weighted by Crippen LogP contribution is -2.60. The molecule has 1 unspecified atom stereocenters. The van der Waals surface area contributed by atoms with Crippen molar-refractivity contribution in [1.82, 2.24) is 0 Å². The smallest absolute Gasteiger partial charge is 0.330 e. The second-order valence-electron chi connectivity index (χ2n) is 20.6. The summed E-state index contributed by atoms with van der Waals surface area (Å²) >= 11 is 0. The molecule has 5 heterocycles. The van der Waals surface area contributed by atoms with Gasteiger partial charge in [0.05, 0.1) is 18.8 Å². The molecule has 0 bridgehead atoms. The Balaban J connectivity index is 1.10. The van der Waals surface area contributed by atoms with Crippen LogP contribution < -0.4 is 24.4 Å². The van der Waals surface area contributed by atoms with E-state index in [4.69, 9.17) is 51.8 Å². The van der Waals surface area contributed by atoms with Gasteiger partial charge in [-0.1, -0.05) is 24.3 Å². The van der Waals surface area contributed by atoms with Crippen LogP contribution in [0.2, 0.25) is 0 Å². The van der Waals surface area contributed by atoms with Gasteiger partial charge >= 0.3 is 11.9 Å². The van der Waals surface area contributed by atoms with E-state index in [9.17, 15) is 101 Å². The maximum atomic E-state index is 14.0. The first-order chi connectivity index (χ1) is 41.9. The van der Waals surface area contributed by atoms with Gasteiger partial charge in [-0.15, -0.1) is 0 Å². The number of rotatable bonds is 19. The fourth-order valence-electron chi connectivity index (χ4n) is 9.48. The van der Waals surface area contributed by atoms with Crippen molar-refractivity contribution in [1.29, 1.82) is 0 Å². The van der Waals surface area contributed by atoms with Crippen molar-refractivity contribution in [2.75, 3.05) is 26.4 Å². The topological polar surface area (TPSA) is 501 Å². The van der Waals surface area contributed by atoms with Gasteiger partial charge in [-0.3, -0.25) is 4.79 Å². The van der Waals surface area contributed by atoms with Gasteiger partial charge in [-0.2, -0.15) is 0 Å². The predicted molar refractivity (Wildman–Crippen MR) is 288 cm³/mol. The standard InChI is InChI=1S/C57H62O31/c58-18-34-41(66)45(70)49(74)54(85-34)80-27-15-29(62)28-17-33(84-57-50(75)46(71)42(67)35(19-59)86-57)53(81-30(28)16-27)24-13-31(82-55-51(76)47(72)43(68)36(87-55)20-78-38(63)11-5-22-1-7-25(60)8-2-22)40(65)32(14-24)83-56-52(77)48(73)44(69)37(88-56)21-79-39(64)12-6-23-3-9-26(61)10-4-23/h1-17,34-37,41-52,54-61,65-77H,18-21H2/t34-,35+,36-,37-,41-,42-,43-,44-,45?,46-,47-,48+,49+,50-,51+,52+,54-,55-,56+,57-/m1/s1. The van der Waals surface area contributed by atoms with Crippen molar-refractivity contribution in [3.63, 3.8) is 0 Å². The summed E-state index contributed by atoms with van der Waals surface area (Å²) in [5.41, 5.74) is -0.812. The molecule has 3 aromatic rings. The van der Waals surface area contributed by atoms with Crippen molar-refractivity contribution in [3.8, 4) is 62.9 Å². The maximum absolute atomic E-state index is 14.0. The van der Waals surface area contributed by atoms with E-state index in [1.54, 1.807) is 0 Å². The van der Waals surface area contributed by atoms with Crippen LogP contribution in [0.15, 0.2) is 100 Å². The molecule has 4 saturated heterocycles. The van der Waals surface area contributed by atoms with Gasteiger partial charge in [-0.25, -0.2) is 9.59 Å². The molecule has 6 aliphatic rings. The summed E-state index contributed by atoms with van der Waals surface area (Å²) in [6, 6.07) is 16.0. The first-order valence-electron chi connectivity index (χ1n) is 26.9. The number of aliphatic hydroxyl groups excluding tert-OH is 14. The number of phenols is 3. The van der Waals surface area contributed by atoms with Crippen LogP contribution >= 0.6 is 0 Å². The minimum absolute atomic E-state index is 0.0435. The largest absolute Gasteiger partial charge is 0.508 e. The highest BCUT2D eigenvalue weighted by Crippen LogP contribution is 2.47. The van der Waals surface area contributed by atoms with Crippen LogP contribution in [-0.2, 0) is 38.0 Å². The fraction of sp³-hybridized carbons (Fsp3) is 0.421. The summed E-state index contributed by atoms with van der Waals surface area (Å²) < 4.78 is 63.1. The Bertz CT molecular complexity index is 3150. The number of hydrogen-bond acceptors (Lipinski definition) is 31. The number of phenolic OH excluding ortho intramolecular Hbond substituents is 3. The SMILES string of the molecule is O=C(C=Cc1ccc(O)cc1)OC[C@H]1O[C@H](Oc2cc(-c3oc4cc(O[C@@H]5O[C@H](CO)[C@@H](O)C(O)[C@@H]5O)cc(=O)c-4cc3O[C@@H]3O[C@@H](CO)[C@@H](O)[C@@H](O)[C@H]3O)cc(O[C@@H]3O[C@H](COC(=O)C=Cc4ccc(O)cc4)[C@@H](O)[C@@H](O)[C@@H]3O)c2O)[C@@H](O)[C@@H](O)[C@@H]1O. The van der Waals surface area contributed by atoms with Gasteiger partial charge in [-0.05, 0) is 65.7 Å². The maximum Gasteiger partial charge on any atom is 0.330 e. The highest BCUT2D eigenvalue weighted by atomic mass is 16.7. The van der Waals surface area contributed by atoms with Crippen LogP contribution in [0.4, 0.5) is 0 Å². The summed E-state index contributed by atoms with van der Waals surface area (Å²) in [6.45, 7) is -3.41. The minimum atomic E-state index is -2.21. The highest BCUT2D eigenvalue weighted by molar-refractivity contribution is 5.87. The van der Waals surface area contributed by atoms with E-state index in [1.165, 1.54) is 60.7 Å². The Morgan fingerprint density at radius 1 is 0.443 bits per heavy atom. The molecular weight excluding hydrogens is 1180 g/mol. The third-order valence-corrected chi connectivity index (χ3v) is 14.5. The average Bonchev–Trinajstić information content (AvgIpc) is 1.49. The molecule has 3 aromatic carbocycles. The van der Waals surface area contributed by atoms with Crippen molar-refractivity contribution in [3.05, 3.63) is 112 Å². The van der Waals surface area contributed by atoms with E-state index in [0.29, 0.717) is 11.1 Å². The van der Waals surface area contributed by atoms with Crippen LogP contribution in [0.1, 0.15) is 11.1 Å². The second kappa shape index (κ2) is 27.8. The Kier molecular flexibility index (Phi) is 20.5. The predicted octanol–water partition coefficient (Wildman–Crippen LogP) is -4.23. The lowest BCUT2D eigenvalue weighted by molar-refractivity contribution is -0.279. The molecule has 88 heavy (non-hydrogen) atoms. The van der Waals surface area contributed by atoms with Gasteiger partial charge in [0.25, 0.3) is 0 Å². The van der Waals surface area contributed by atoms with Crippen LogP contribution in [0.25, 0.3) is 34.8 Å². The molecule has 1 aliphatic carbocycles. The molecule has 31 heteroatoms. The van der Waals surface area contributed by atoms with Gasteiger partial charge in [0.1, 0.15) is 134 Å². The normalized spacial score (nSPS) is 32.6. The van der Waals surface area contributed by atoms with Crippen LogP contribution in [-0.4, -0.2) is 248 Å². The van der Waals surface area contributed by atoms with Gasteiger partial charge < -0.3 is 139 Å². The van der Waals surface area contributed by atoms with Gasteiger partial charge in [0.15, 0.2) is 28.4 Å². The molecule has 5 aliphatic heterocycles. The van der Waals surface area contributed by atoms with E-state index in [2.05, 4.69) is 0 Å². The number of aliphatic hydroxyl groups is 14. The molecule has 17 N–H and O–H groups in total. The molecule has 0 saturated carbocycles. The van der Waals surface area contributed by atoms with Gasteiger partial charge in [0, 0.05) is 29.8 Å². The Hall–Kier alpha value is -7.61. The number of carbonyl (C=O) groups is 2. The monoisotopic (exact) mass is 1240 g/mol. The van der Waals surface area contributed by atoms with E-state index in [1.807, 2.05) is 0 Å². The molecule has 476 valence electrons. The minimum Gasteiger partial charge on any atom is -0.508 e. The number of fused-ring (bicyclic) bond motifs is 1. The quantitative estimate of drug-likeness (QED) is 0.0275. The lowest BCUT2D eigenvalue weighted by Gasteiger charge is -2.40. The van der Waals surface area contributed by atoms with Crippen molar-refractivity contribution in [2.45, 2.75) is 123 Å². The molecule has 31 nitrogen and oxygen atoms in total. The van der Waals surface area contributed by atoms with E-state index >= 15 is 0 Å². The molecule has 0 aromatic heterocycles. The fourth-order valence-corrected chi connectivity index (χ4v) is 9.48. The lowest BCUT2D eigenvalue weighted by atomic mass is 9.99. The zero-order chi connectivity index (χ0) is 63.4. The van der Waals surface area contributed by atoms with Gasteiger partial charge in [0.2, 0.25) is 30.9 Å². The molecule has 4 fully saturated rings. The van der Waals surface area contributed by atoms with Crippen LogP contribution in [0.5, 0.6) is 40.2 Å². The third-order valence-electron chi connectivity index (χ3n) is 14.5. The number of ether oxygens (including phenoxy) is 10. The number of carbonyl (C=O) groups excluding carboxylic acids is 2. The van der Waals surface area contributed by atoms with Crippen LogP contribution in [0.3, 0.4) is 0 Å². The second-order valence-corrected chi connectivity index (χ2v) is 20.6. The Labute approximate surface area is 495 Å². The highest BCUT2D eigenvalue weighted by Gasteiger charge is 2.50. The summed E-state index contributed by atoms with van der Waals surface area (Å²) in [6.07, 6.45) is -34.4. The summed E-state index contributed by atoms with van der Waals surface area (Å²) in [4.78, 5) is 39.5. The Morgan fingerprint density at radius 2 is 0.818 bits per heavy atom. The third kappa shape index (κ3) is 14.4. The Morgan fingerprint density at radius 3 is 1.23 bits per heavy atom. The van der Waals surface area contributed by atoms with Crippen molar-refractivity contribution in [2.24, 2.45) is 0 Å².